The molecule has 9 heteroatoms. The van der Waals surface area contributed by atoms with Crippen LogP contribution in [0.25, 0.3) is 0 Å². The SMILES string of the molecule is CCN(Cc1ccc2c(c1)OCCO2)C(=O)Cn1ncc(Cl)c(Cl)c1=O. The number of aromatic nitrogens is 2. The van der Waals surface area contributed by atoms with Crippen LogP contribution in [0.4, 0.5) is 0 Å². The average Bonchev–Trinajstić information content (AvgIpc) is 2.66. The highest BCUT2D eigenvalue weighted by molar-refractivity contribution is 6.41. The summed E-state index contributed by atoms with van der Waals surface area (Å²) in [4.78, 5) is 26.2. The topological polar surface area (TPSA) is 73.7 Å². The number of ether oxygens (including phenoxy) is 2. The van der Waals surface area contributed by atoms with E-state index in [-0.39, 0.29) is 22.5 Å². The van der Waals surface area contributed by atoms with Gasteiger partial charge in [-0.1, -0.05) is 29.3 Å². The summed E-state index contributed by atoms with van der Waals surface area (Å²) < 4.78 is 12.1. The minimum Gasteiger partial charge on any atom is -0.486 e. The first kappa shape index (κ1) is 18.5. The molecule has 2 aromatic rings. The van der Waals surface area contributed by atoms with Crippen LogP contribution in [0.1, 0.15) is 12.5 Å². The third kappa shape index (κ3) is 3.94. The van der Waals surface area contributed by atoms with E-state index >= 15 is 0 Å². The number of hydrogen-bond donors (Lipinski definition) is 0. The van der Waals surface area contributed by atoms with E-state index in [4.69, 9.17) is 32.7 Å². The number of halogens is 2. The lowest BCUT2D eigenvalue weighted by Gasteiger charge is -2.23. The van der Waals surface area contributed by atoms with Gasteiger partial charge in [0, 0.05) is 13.1 Å². The Morgan fingerprint density at radius 1 is 1.27 bits per heavy atom. The van der Waals surface area contributed by atoms with E-state index < -0.39 is 5.56 Å². The van der Waals surface area contributed by atoms with Gasteiger partial charge in [0.25, 0.3) is 5.56 Å². The number of carbonyl (C=O) groups is 1. The first-order valence-corrected chi connectivity index (χ1v) is 8.82. The summed E-state index contributed by atoms with van der Waals surface area (Å²) in [5, 5.41) is 3.77. The smallest absolute Gasteiger partial charge is 0.287 e. The normalized spacial score (nSPS) is 12.7. The second-order valence-corrected chi connectivity index (χ2v) is 6.44. The molecule has 0 unspecified atom stereocenters. The maximum absolute atomic E-state index is 12.6. The van der Waals surface area contributed by atoms with Crippen molar-refractivity contribution in [1.82, 2.24) is 14.7 Å². The van der Waals surface area contributed by atoms with Crippen molar-refractivity contribution < 1.29 is 14.3 Å². The maximum Gasteiger partial charge on any atom is 0.287 e. The lowest BCUT2D eigenvalue weighted by molar-refractivity contribution is -0.132. The highest BCUT2D eigenvalue weighted by Crippen LogP contribution is 2.31. The quantitative estimate of drug-likeness (QED) is 0.773. The van der Waals surface area contributed by atoms with E-state index in [1.54, 1.807) is 4.90 Å². The highest BCUT2D eigenvalue weighted by atomic mass is 35.5. The molecule has 0 spiro atoms. The molecule has 0 radical (unpaired) electrons. The zero-order valence-electron chi connectivity index (χ0n) is 14.1. The van der Waals surface area contributed by atoms with Crippen LogP contribution in [0.5, 0.6) is 11.5 Å². The van der Waals surface area contributed by atoms with E-state index in [1.165, 1.54) is 6.20 Å². The van der Waals surface area contributed by atoms with Crippen molar-refractivity contribution in [2.24, 2.45) is 0 Å². The van der Waals surface area contributed by atoms with Gasteiger partial charge in [0.05, 0.1) is 11.2 Å². The van der Waals surface area contributed by atoms with E-state index in [0.717, 1.165) is 10.2 Å². The Morgan fingerprint density at radius 3 is 2.73 bits per heavy atom. The van der Waals surface area contributed by atoms with Crippen molar-refractivity contribution in [3.8, 4) is 11.5 Å². The second-order valence-electron chi connectivity index (χ2n) is 5.66. The van der Waals surface area contributed by atoms with Gasteiger partial charge in [-0.25, -0.2) is 4.68 Å². The van der Waals surface area contributed by atoms with E-state index in [1.807, 2.05) is 25.1 Å². The Morgan fingerprint density at radius 2 is 2.00 bits per heavy atom. The van der Waals surface area contributed by atoms with Crippen LogP contribution < -0.4 is 15.0 Å². The van der Waals surface area contributed by atoms with Crippen molar-refractivity contribution in [2.45, 2.75) is 20.0 Å². The molecule has 1 aliphatic rings. The molecule has 0 aliphatic carbocycles. The predicted octanol–water partition coefficient (Wildman–Crippen LogP) is 2.37. The molecule has 0 fully saturated rings. The summed E-state index contributed by atoms with van der Waals surface area (Å²) >= 11 is 11.6. The zero-order valence-corrected chi connectivity index (χ0v) is 15.6. The molecule has 1 amide bonds. The minimum atomic E-state index is -0.595. The van der Waals surface area contributed by atoms with Crippen molar-refractivity contribution in [2.75, 3.05) is 19.8 Å². The van der Waals surface area contributed by atoms with Crippen LogP contribution in [0.2, 0.25) is 10.0 Å². The van der Waals surface area contributed by atoms with Crippen LogP contribution >= 0.6 is 23.2 Å². The third-order valence-corrected chi connectivity index (χ3v) is 4.69. The number of hydrogen-bond acceptors (Lipinski definition) is 5. The molecule has 0 atom stereocenters. The Kier molecular flexibility index (Phi) is 5.68. The highest BCUT2D eigenvalue weighted by Gasteiger charge is 2.18. The number of benzene rings is 1. The largest absolute Gasteiger partial charge is 0.486 e. The standard InChI is InChI=1S/C17H17Cl2N3O4/c1-2-21(9-11-3-4-13-14(7-11)26-6-5-25-13)15(23)10-22-17(24)16(19)12(18)8-20-22/h3-4,7-8H,2,5-6,9-10H2,1H3. The van der Waals surface area contributed by atoms with Crippen molar-refractivity contribution >= 4 is 29.1 Å². The van der Waals surface area contributed by atoms with Crippen molar-refractivity contribution in [3.05, 3.63) is 50.4 Å². The molecule has 0 bridgehead atoms. The fourth-order valence-electron chi connectivity index (χ4n) is 2.57. The van der Waals surface area contributed by atoms with Crippen LogP contribution in [-0.2, 0) is 17.9 Å². The lowest BCUT2D eigenvalue weighted by atomic mass is 10.1. The second kappa shape index (κ2) is 7.97. The summed E-state index contributed by atoms with van der Waals surface area (Å²) in [5.41, 5.74) is 0.307. The summed E-state index contributed by atoms with van der Waals surface area (Å²) in [6.45, 7) is 3.52. The summed E-state index contributed by atoms with van der Waals surface area (Å²) in [7, 11) is 0. The monoisotopic (exact) mass is 397 g/mol. The molecular weight excluding hydrogens is 381 g/mol. The molecule has 2 heterocycles. The van der Waals surface area contributed by atoms with Crippen LogP contribution in [-0.4, -0.2) is 40.3 Å². The van der Waals surface area contributed by atoms with Gasteiger partial charge in [0.1, 0.15) is 24.8 Å². The van der Waals surface area contributed by atoms with Crippen LogP contribution in [0.15, 0.2) is 29.2 Å². The van der Waals surface area contributed by atoms with Gasteiger partial charge in [-0.15, -0.1) is 0 Å². The number of amides is 1. The van der Waals surface area contributed by atoms with E-state index in [0.29, 0.717) is 37.8 Å². The molecule has 1 aromatic carbocycles. The van der Waals surface area contributed by atoms with Crippen LogP contribution in [0, 0.1) is 0 Å². The number of likely N-dealkylation sites (N-methyl/N-ethyl adjacent to an activating group) is 1. The number of carbonyl (C=O) groups excluding carboxylic acids is 1. The summed E-state index contributed by atoms with van der Waals surface area (Å²) in [6, 6.07) is 5.56. The van der Waals surface area contributed by atoms with Crippen molar-refractivity contribution in [1.29, 1.82) is 0 Å². The van der Waals surface area contributed by atoms with E-state index in [9.17, 15) is 9.59 Å². The van der Waals surface area contributed by atoms with Gasteiger partial charge in [-0.3, -0.25) is 9.59 Å². The fraction of sp³-hybridized carbons (Fsp3) is 0.353. The first-order valence-electron chi connectivity index (χ1n) is 8.07. The predicted molar refractivity (Wildman–Crippen MR) is 97.0 cm³/mol. The maximum atomic E-state index is 12.6. The number of rotatable bonds is 5. The molecule has 0 N–H and O–H groups in total. The average molecular weight is 398 g/mol. The van der Waals surface area contributed by atoms with Crippen LogP contribution in [0.3, 0.4) is 0 Å². The molecule has 1 aromatic heterocycles. The molecule has 26 heavy (non-hydrogen) atoms. The Labute approximate surface area is 160 Å². The first-order chi connectivity index (χ1) is 12.5. The van der Waals surface area contributed by atoms with Gasteiger partial charge in [-0.2, -0.15) is 5.10 Å². The van der Waals surface area contributed by atoms with Gasteiger partial charge in [0.2, 0.25) is 5.91 Å². The molecule has 3 rings (SSSR count). The van der Waals surface area contributed by atoms with Gasteiger partial charge < -0.3 is 14.4 Å². The fourth-order valence-corrected chi connectivity index (χ4v) is 2.84. The van der Waals surface area contributed by atoms with Gasteiger partial charge in [0.15, 0.2) is 11.5 Å². The molecule has 1 aliphatic heterocycles. The van der Waals surface area contributed by atoms with Gasteiger partial charge in [-0.05, 0) is 24.6 Å². The van der Waals surface area contributed by atoms with Crippen molar-refractivity contribution in [3.63, 3.8) is 0 Å². The minimum absolute atomic E-state index is 0.0593. The number of fused-ring (bicyclic) bond motifs is 1. The molecule has 7 nitrogen and oxygen atoms in total. The molecular formula is C17H17Cl2N3O4. The third-order valence-electron chi connectivity index (χ3n) is 3.94. The van der Waals surface area contributed by atoms with Gasteiger partial charge >= 0.3 is 0 Å². The molecule has 0 saturated carbocycles. The Balaban J connectivity index is 1.73. The zero-order chi connectivity index (χ0) is 18.7. The molecule has 138 valence electrons. The Bertz CT molecular complexity index is 885. The summed E-state index contributed by atoms with van der Waals surface area (Å²) in [6.07, 6.45) is 1.25. The summed E-state index contributed by atoms with van der Waals surface area (Å²) in [5.74, 6) is 1.11. The lowest BCUT2D eigenvalue weighted by Crippen LogP contribution is -2.37. The Hall–Kier alpha value is -2.25. The molecule has 0 saturated heterocycles. The van der Waals surface area contributed by atoms with E-state index in [2.05, 4.69) is 5.10 Å². The number of nitrogens with zero attached hydrogens (tertiary/aromatic N) is 3.